The molecule has 0 aromatic carbocycles. The van der Waals surface area contributed by atoms with Crippen LogP contribution in [0.1, 0.15) is 12.8 Å². The summed E-state index contributed by atoms with van der Waals surface area (Å²) in [6, 6.07) is -1.20. The van der Waals surface area contributed by atoms with Crippen LogP contribution in [0.25, 0.3) is 0 Å². The molecular weight excluding hydrogens is 317 g/mol. The second kappa shape index (κ2) is 5.08. The van der Waals surface area contributed by atoms with Crippen LogP contribution >= 0.6 is 23.2 Å². The summed E-state index contributed by atoms with van der Waals surface area (Å²) in [6.07, 6.45) is 1.53. The third kappa shape index (κ3) is 3.13. The number of nitrogens with one attached hydrogen (secondary N) is 2. The zero-order chi connectivity index (χ0) is 14.4. The van der Waals surface area contributed by atoms with Crippen molar-refractivity contribution in [1.82, 2.24) is 15.2 Å². The first-order chi connectivity index (χ1) is 8.69. The lowest BCUT2D eigenvalue weighted by atomic mass is 9.82. The Bertz CT molecular complexity index is 512. The molecule has 1 aliphatic heterocycles. The number of urea groups is 1. The van der Waals surface area contributed by atoms with Gasteiger partial charge in [0, 0.05) is 6.04 Å². The number of rotatable bonds is 2. The first kappa shape index (κ1) is 14.8. The Morgan fingerprint density at radius 3 is 2.42 bits per heavy atom. The highest BCUT2D eigenvalue weighted by Gasteiger charge is 2.47. The number of fused-ring (bicyclic) bond motifs is 1. The number of alkyl halides is 2. The van der Waals surface area contributed by atoms with Crippen molar-refractivity contribution in [3.8, 4) is 0 Å². The van der Waals surface area contributed by atoms with E-state index in [-0.39, 0.29) is 10.8 Å². The van der Waals surface area contributed by atoms with Crippen LogP contribution in [0, 0.1) is 5.92 Å². The molecule has 3 amide bonds. The van der Waals surface area contributed by atoms with Crippen LogP contribution in [-0.2, 0) is 14.8 Å². The molecule has 0 aromatic heterocycles. The van der Waals surface area contributed by atoms with Gasteiger partial charge in [-0.25, -0.2) is 13.2 Å². The van der Waals surface area contributed by atoms with Crippen LogP contribution in [0.4, 0.5) is 4.79 Å². The molecule has 7 nitrogen and oxygen atoms in total. The molecule has 19 heavy (non-hydrogen) atoms. The molecule has 108 valence electrons. The van der Waals surface area contributed by atoms with Gasteiger partial charge >= 0.3 is 6.03 Å². The minimum absolute atomic E-state index is 0.293. The first-order valence-electron chi connectivity index (χ1n) is 5.59. The van der Waals surface area contributed by atoms with E-state index in [9.17, 15) is 18.0 Å². The molecule has 2 fully saturated rings. The van der Waals surface area contributed by atoms with E-state index in [1.165, 1.54) is 0 Å². The predicted octanol–water partition coefficient (Wildman–Crippen LogP) is -0.00420. The average molecular weight is 330 g/mol. The van der Waals surface area contributed by atoms with Gasteiger partial charge in [-0.15, -0.1) is 28.0 Å². The quantitative estimate of drug-likeness (QED) is 0.697. The molecule has 2 aliphatic rings. The van der Waals surface area contributed by atoms with Crippen molar-refractivity contribution in [3.05, 3.63) is 0 Å². The summed E-state index contributed by atoms with van der Waals surface area (Å²) in [6.45, 7) is 0. The maximum atomic E-state index is 12.1. The number of hydrogen-bond acceptors (Lipinski definition) is 4. The zero-order valence-corrected chi connectivity index (χ0v) is 12.3. The van der Waals surface area contributed by atoms with Crippen molar-refractivity contribution < 1.29 is 18.0 Å². The molecule has 0 aromatic rings. The Balaban J connectivity index is 2.20. The third-order valence-corrected chi connectivity index (χ3v) is 4.75. The summed E-state index contributed by atoms with van der Waals surface area (Å²) >= 11 is 12.0. The van der Waals surface area contributed by atoms with E-state index in [0.717, 1.165) is 6.26 Å². The molecule has 2 N–H and O–H groups in total. The SMILES string of the molecule is CS(=O)(=O)NN1C(=O)NC2CC(Cl)C(Cl)CC2C1=O. The summed E-state index contributed by atoms with van der Waals surface area (Å²) in [5.74, 6) is -1.17. The van der Waals surface area contributed by atoms with E-state index in [2.05, 4.69) is 5.32 Å². The van der Waals surface area contributed by atoms with Gasteiger partial charge in [-0.2, -0.15) is 5.01 Å². The number of imide groups is 1. The maximum absolute atomic E-state index is 12.1. The summed E-state index contributed by atoms with van der Waals surface area (Å²) in [5, 5.41) is 2.33. The van der Waals surface area contributed by atoms with Crippen LogP contribution in [0.3, 0.4) is 0 Å². The summed E-state index contributed by atoms with van der Waals surface area (Å²) in [7, 11) is -3.72. The van der Waals surface area contributed by atoms with Crippen molar-refractivity contribution >= 4 is 45.2 Å². The topological polar surface area (TPSA) is 95.6 Å². The fourth-order valence-corrected chi connectivity index (χ4v) is 3.38. The van der Waals surface area contributed by atoms with E-state index in [4.69, 9.17) is 23.2 Å². The Hall–Kier alpha value is -0.570. The largest absolute Gasteiger partial charge is 0.340 e. The molecule has 0 bridgehead atoms. The Kier molecular flexibility index (Phi) is 3.97. The molecule has 10 heteroatoms. The highest BCUT2D eigenvalue weighted by molar-refractivity contribution is 7.88. The normalized spacial score (nSPS) is 35.8. The van der Waals surface area contributed by atoms with Crippen LogP contribution in [0.15, 0.2) is 0 Å². The number of hydrogen-bond donors (Lipinski definition) is 2. The third-order valence-electron chi connectivity index (χ3n) is 3.14. The molecule has 4 atom stereocenters. The van der Waals surface area contributed by atoms with Gasteiger partial charge in [0.15, 0.2) is 0 Å². The fraction of sp³-hybridized carbons (Fsp3) is 0.778. The number of halogens is 2. The van der Waals surface area contributed by atoms with Crippen molar-refractivity contribution in [2.45, 2.75) is 29.6 Å². The van der Waals surface area contributed by atoms with Gasteiger partial charge in [-0.1, -0.05) is 0 Å². The Labute approximate surface area is 120 Å². The Morgan fingerprint density at radius 2 is 1.84 bits per heavy atom. The van der Waals surface area contributed by atoms with Crippen molar-refractivity contribution in [2.75, 3.05) is 6.26 Å². The molecule has 1 aliphatic carbocycles. The molecule has 4 unspecified atom stereocenters. The molecule has 0 radical (unpaired) electrons. The number of hydrazine groups is 1. The zero-order valence-electron chi connectivity index (χ0n) is 9.97. The van der Waals surface area contributed by atoms with Gasteiger partial charge in [0.25, 0.3) is 5.91 Å². The molecule has 0 spiro atoms. The second-order valence-corrected chi connectivity index (χ2v) is 7.55. The summed E-state index contributed by atoms with van der Waals surface area (Å²) in [4.78, 5) is 25.7. The van der Waals surface area contributed by atoms with Crippen LogP contribution < -0.4 is 10.1 Å². The predicted molar refractivity (Wildman–Crippen MR) is 69.2 cm³/mol. The van der Waals surface area contributed by atoms with Crippen LogP contribution in [0.2, 0.25) is 0 Å². The van der Waals surface area contributed by atoms with E-state index < -0.39 is 33.9 Å². The number of nitrogens with zero attached hydrogens (tertiary/aromatic N) is 1. The van der Waals surface area contributed by atoms with Crippen molar-refractivity contribution in [2.24, 2.45) is 5.92 Å². The monoisotopic (exact) mass is 329 g/mol. The lowest BCUT2D eigenvalue weighted by Gasteiger charge is -2.42. The van der Waals surface area contributed by atoms with E-state index >= 15 is 0 Å². The molecule has 1 heterocycles. The van der Waals surface area contributed by atoms with Crippen LogP contribution in [0.5, 0.6) is 0 Å². The van der Waals surface area contributed by atoms with E-state index in [0.29, 0.717) is 17.9 Å². The number of sulfonamides is 1. The lowest BCUT2D eigenvalue weighted by molar-refractivity contribution is -0.137. The van der Waals surface area contributed by atoms with Crippen molar-refractivity contribution in [1.29, 1.82) is 0 Å². The molecule has 1 saturated heterocycles. The molecule has 2 rings (SSSR count). The van der Waals surface area contributed by atoms with Gasteiger partial charge in [-0.05, 0) is 12.8 Å². The number of amides is 3. The highest BCUT2D eigenvalue weighted by atomic mass is 35.5. The van der Waals surface area contributed by atoms with Gasteiger partial charge in [-0.3, -0.25) is 4.79 Å². The standard InChI is InChI=1S/C9H13Cl2N3O4S/c1-19(17,18)13-14-8(15)4-2-5(10)6(11)3-7(4)12-9(14)16/h4-7,13H,2-3H2,1H3,(H,12,16). The maximum Gasteiger partial charge on any atom is 0.340 e. The second-order valence-electron chi connectivity index (χ2n) is 4.70. The number of carbonyl (C=O) groups is 2. The smallest absolute Gasteiger partial charge is 0.333 e. The highest BCUT2D eigenvalue weighted by Crippen LogP contribution is 2.34. The molecular formula is C9H13Cl2N3O4S. The van der Waals surface area contributed by atoms with E-state index in [1.807, 2.05) is 4.83 Å². The molecule has 1 saturated carbocycles. The number of carbonyl (C=O) groups excluding carboxylic acids is 2. The minimum Gasteiger partial charge on any atom is -0.333 e. The minimum atomic E-state index is -3.72. The first-order valence-corrected chi connectivity index (χ1v) is 8.35. The van der Waals surface area contributed by atoms with E-state index in [1.54, 1.807) is 0 Å². The van der Waals surface area contributed by atoms with Crippen LogP contribution in [-0.4, -0.2) is 48.4 Å². The summed E-state index contributed by atoms with van der Waals surface area (Å²) < 4.78 is 22.3. The fourth-order valence-electron chi connectivity index (χ4n) is 2.28. The van der Waals surface area contributed by atoms with Crippen molar-refractivity contribution in [3.63, 3.8) is 0 Å². The average Bonchev–Trinajstić information content (AvgIpc) is 2.26. The Morgan fingerprint density at radius 1 is 1.26 bits per heavy atom. The summed E-state index contributed by atoms with van der Waals surface area (Å²) in [5.41, 5.74) is 0. The lowest BCUT2D eigenvalue weighted by Crippen LogP contribution is -2.66. The van der Waals surface area contributed by atoms with Gasteiger partial charge in [0.2, 0.25) is 10.0 Å². The van der Waals surface area contributed by atoms with Gasteiger partial charge < -0.3 is 5.32 Å². The van der Waals surface area contributed by atoms with Gasteiger partial charge in [0.05, 0.1) is 22.9 Å². The van der Waals surface area contributed by atoms with Gasteiger partial charge in [0.1, 0.15) is 0 Å².